The predicted molar refractivity (Wildman–Crippen MR) is 137 cm³/mol. The molecular weight excluding hydrogens is 459 g/mol. The highest BCUT2D eigenvalue weighted by molar-refractivity contribution is 6.05. The van der Waals surface area contributed by atoms with Gasteiger partial charge in [-0.25, -0.2) is 13.9 Å². The first-order valence-corrected chi connectivity index (χ1v) is 12.4. The van der Waals surface area contributed by atoms with Crippen LogP contribution < -0.4 is 5.32 Å². The van der Waals surface area contributed by atoms with Crippen molar-refractivity contribution in [2.45, 2.75) is 58.5 Å². The Morgan fingerprint density at radius 2 is 1.81 bits per heavy atom. The van der Waals surface area contributed by atoms with Gasteiger partial charge in [0.2, 0.25) is 0 Å². The van der Waals surface area contributed by atoms with Crippen LogP contribution in [0.25, 0.3) is 5.69 Å². The Labute approximate surface area is 211 Å². The third-order valence-corrected chi connectivity index (χ3v) is 6.26. The van der Waals surface area contributed by atoms with Crippen LogP contribution in [-0.2, 0) is 11.2 Å². The van der Waals surface area contributed by atoms with Crippen LogP contribution in [0.3, 0.4) is 0 Å². The van der Waals surface area contributed by atoms with E-state index in [2.05, 4.69) is 17.3 Å². The van der Waals surface area contributed by atoms with Gasteiger partial charge < -0.3 is 15.0 Å². The first-order valence-electron chi connectivity index (χ1n) is 12.4. The molecular formula is C28H33FN4O3. The van der Waals surface area contributed by atoms with Crippen LogP contribution in [0.15, 0.2) is 54.7 Å². The summed E-state index contributed by atoms with van der Waals surface area (Å²) in [5, 5.41) is 7.45. The number of halogens is 1. The molecule has 1 N–H and O–H groups in total. The summed E-state index contributed by atoms with van der Waals surface area (Å²) >= 11 is 0. The molecule has 3 aromatic rings. The van der Waals surface area contributed by atoms with E-state index in [1.165, 1.54) is 23.9 Å². The maximum absolute atomic E-state index is 14.0. The van der Waals surface area contributed by atoms with Crippen LogP contribution in [-0.4, -0.2) is 45.4 Å². The summed E-state index contributed by atoms with van der Waals surface area (Å²) < 4.78 is 21.2. The lowest BCUT2D eigenvalue weighted by Crippen LogP contribution is -2.41. The van der Waals surface area contributed by atoms with Gasteiger partial charge in [-0.3, -0.25) is 4.79 Å². The SMILES string of the molecule is CCc1ccc(NC(=O)c2cnn(-c3cccc(F)c3)c2C2CCN(C(=O)OC(C)(C)C)CC2)cc1. The molecule has 0 aliphatic carbocycles. The second-order valence-electron chi connectivity index (χ2n) is 10.1. The molecule has 1 saturated heterocycles. The molecule has 0 unspecified atom stereocenters. The molecule has 190 valence electrons. The van der Waals surface area contributed by atoms with Crippen molar-refractivity contribution < 1.29 is 18.7 Å². The third-order valence-electron chi connectivity index (χ3n) is 6.26. The Balaban J connectivity index is 1.60. The molecule has 1 aromatic heterocycles. The number of piperidine rings is 1. The van der Waals surface area contributed by atoms with Gasteiger partial charge in [0.1, 0.15) is 11.4 Å². The van der Waals surface area contributed by atoms with Gasteiger partial charge in [0.05, 0.1) is 23.1 Å². The number of aryl methyl sites for hydroxylation is 1. The fraction of sp³-hybridized carbons (Fsp3) is 0.393. The molecule has 4 rings (SSSR count). The Morgan fingerprint density at radius 1 is 1.11 bits per heavy atom. The van der Waals surface area contributed by atoms with Crippen molar-refractivity contribution in [2.24, 2.45) is 0 Å². The van der Waals surface area contributed by atoms with Crippen molar-refractivity contribution in [2.75, 3.05) is 18.4 Å². The second kappa shape index (κ2) is 10.5. The Hall–Kier alpha value is -3.68. The average molecular weight is 493 g/mol. The zero-order valence-corrected chi connectivity index (χ0v) is 21.3. The van der Waals surface area contributed by atoms with Gasteiger partial charge in [-0.05, 0) is 75.9 Å². The molecule has 2 amide bonds. The van der Waals surface area contributed by atoms with Crippen molar-refractivity contribution >= 4 is 17.7 Å². The number of hydrogen-bond acceptors (Lipinski definition) is 4. The summed E-state index contributed by atoms with van der Waals surface area (Å²) in [7, 11) is 0. The van der Waals surface area contributed by atoms with Crippen LogP contribution in [0.4, 0.5) is 14.9 Å². The van der Waals surface area contributed by atoms with Crippen molar-refractivity contribution in [3.05, 3.63) is 77.4 Å². The topological polar surface area (TPSA) is 76.5 Å². The largest absolute Gasteiger partial charge is 0.444 e. The first-order chi connectivity index (χ1) is 17.1. The lowest BCUT2D eigenvalue weighted by molar-refractivity contribution is 0.0203. The third kappa shape index (κ3) is 5.93. The Kier molecular flexibility index (Phi) is 7.43. The summed E-state index contributed by atoms with van der Waals surface area (Å²) in [4.78, 5) is 27.6. The van der Waals surface area contributed by atoms with E-state index in [0.29, 0.717) is 48.6 Å². The normalized spacial score (nSPS) is 14.5. The van der Waals surface area contributed by atoms with E-state index in [4.69, 9.17) is 4.74 Å². The van der Waals surface area contributed by atoms with E-state index in [0.717, 1.165) is 6.42 Å². The average Bonchev–Trinajstić information content (AvgIpc) is 3.29. The zero-order chi connectivity index (χ0) is 25.9. The Morgan fingerprint density at radius 3 is 2.42 bits per heavy atom. The van der Waals surface area contributed by atoms with E-state index in [1.54, 1.807) is 21.7 Å². The summed E-state index contributed by atoms with van der Waals surface area (Å²) in [6, 6.07) is 13.9. The molecule has 1 aliphatic heterocycles. The number of carbonyl (C=O) groups is 2. The van der Waals surface area contributed by atoms with Crippen molar-refractivity contribution in [3.8, 4) is 5.69 Å². The lowest BCUT2D eigenvalue weighted by atomic mass is 9.90. The van der Waals surface area contributed by atoms with Crippen LogP contribution in [0.1, 0.15) is 68.1 Å². The number of likely N-dealkylation sites (tertiary alicyclic amines) is 1. The van der Waals surface area contributed by atoms with Gasteiger partial charge in [0, 0.05) is 24.7 Å². The molecule has 0 bridgehead atoms. The van der Waals surface area contributed by atoms with Crippen molar-refractivity contribution in [1.82, 2.24) is 14.7 Å². The minimum absolute atomic E-state index is 0.0438. The van der Waals surface area contributed by atoms with Crippen LogP contribution in [0.2, 0.25) is 0 Å². The maximum atomic E-state index is 14.0. The van der Waals surface area contributed by atoms with Crippen LogP contribution >= 0.6 is 0 Å². The van der Waals surface area contributed by atoms with Gasteiger partial charge in [-0.2, -0.15) is 5.10 Å². The number of ether oxygens (including phenoxy) is 1. The van der Waals surface area contributed by atoms with Gasteiger partial charge in [-0.1, -0.05) is 25.1 Å². The molecule has 1 fully saturated rings. The molecule has 2 aromatic carbocycles. The maximum Gasteiger partial charge on any atom is 0.410 e. The van der Waals surface area contributed by atoms with E-state index < -0.39 is 5.60 Å². The molecule has 0 saturated carbocycles. The van der Waals surface area contributed by atoms with Gasteiger partial charge in [0.25, 0.3) is 5.91 Å². The standard InChI is InChI=1S/C28H33FN4O3/c1-5-19-9-11-22(12-10-19)31-26(34)24-18-30-33(23-8-6-7-21(29)17-23)25(24)20-13-15-32(16-14-20)27(35)36-28(2,3)4/h6-12,17-18,20H,5,13-16H2,1-4H3,(H,31,34). The van der Waals surface area contributed by atoms with Gasteiger partial charge in [0.15, 0.2) is 0 Å². The number of hydrogen-bond donors (Lipinski definition) is 1. The monoisotopic (exact) mass is 492 g/mol. The van der Waals surface area contributed by atoms with Crippen LogP contribution in [0, 0.1) is 5.82 Å². The summed E-state index contributed by atoms with van der Waals surface area (Å²) in [5.74, 6) is -0.695. The molecule has 2 heterocycles. The fourth-order valence-corrected chi connectivity index (χ4v) is 4.42. The molecule has 0 spiro atoms. The quantitative estimate of drug-likeness (QED) is 0.478. The summed E-state index contributed by atoms with van der Waals surface area (Å²) in [5.41, 5.74) is 3.02. The minimum atomic E-state index is -0.565. The fourth-order valence-electron chi connectivity index (χ4n) is 4.42. The number of aromatic nitrogens is 2. The second-order valence-corrected chi connectivity index (χ2v) is 10.1. The number of anilines is 1. The highest BCUT2D eigenvalue weighted by atomic mass is 19.1. The van der Waals surface area contributed by atoms with E-state index in [-0.39, 0.29) is 23.7 Å². The number of nitrogens with zero attached hydrogens (tertiary/aromatic N) is 3. The number of rotatable bonds is 5. The first kappa shape index (κ1) is 25.4. The van der Waals surface area contributed by atoms with E-state index >= 15 is 0 Å². The van der Waals surface area contributed by atoms with E-state index in [1.807, 2.05) is 45.0 Å². The molecule has 7 nitrogen and oxygen atoms in total. The van der Waals surface area contributed by atoms with E-state index in [9.17, 15) is 14.0 Å². The minimum Gasteiger partial charge on any atom is -0.444 e. The number of benzene rings is 2. The number of amides is 2. The van der Waals surface area contributed by atoms with Crippen molar-refractivity contribution in [1.29, 1.82) is 0 Å². The Bertz CT molecular complexity index is 1220. The summed E-state index contributed by atoms with van der Waals surface area (Å²) in [6.07, 6.45) is 3.38. The van der Waals surface area contributed by atoms with Crippen molar-refractivity contribution in [3.63, 3.8) is 0 Å². The predicted octanol–water partition coefficient (Wildman–Crippen LogP) is 5.94. The molecule has 8 heteroatoms. The molecule has 0 radical (unpaired) electrons. The molecule has 1 aliphatic rings. The molecule has 36 heavy (non-hydrogen) atoms. The zero-order valence-electron chi connectivity index (χ0n) is 21.3. The summed E-state index contributed by atoms with van der Waals surface area (Å²) in [6.45, 7) is 8.59. The number of carbonyl (C=O) groups excluding carboxylic acids is 2. The smallest absolute Gasteiger partial charge is 0.410 e. The van der Waals surface area contributed by atoms with Gasteiger partial charge >= 0.3 is 6.09 Å². The number of nitrogens with one attached hydrogen (secondary N) is 1. The van der Waals surface area contributed by atoms with Crippen LogP contribution in [0.5, 0.6) is 0 Å². The highest BCUT2D eigenvalue weighted by Gasteiger charge is 2.32. The van der Waals surface area contributed by atoms with Gasteiger partial charge in [-0.15, -0.1) is 0 Å². The highest BCUT2D eigenvalue weighted by Crippen LogP contribution is 2.33. The molecule has 0 atom stereocenters. The lowest BCUT2D eigenvalue weighted by Gasteiger charge is -2.34.